The van der Waals surface area contributed by atoms with Gasteiger partial charge in [-0.2, -0.15) is 0 Å². The average molecular weight is 326 g/mol. The largest absolute Gasteiger partial charge is 0.369 e. The van der Waals surface area contributed by atoms with Gasteiger partial charge < -0.3 is 4.74 Å². The third-order valence-corrected chi connectivity index (χ3v) is 4.20. The van der Waals surface area contributed by atoms with Crippen molar-refractivity contribution in [3.63, 3.8) is 0 Å². The van der Waals surface area contributed by atoms with E-state index in [1.807, 2.05) is 55.5 Å². The highest BCUT2D eigenvalue weighted by Crippen LogP contribution is 2.39. The van der Waals surface area contributed by atoms with Crippen LogP contribution in [0.5, 0.6) is 0 Å². The van der Waals surface area contributed by atoms with Crippen molar-refractivity contribution in [2.24, 2.45) is 0 Å². The van der Waals surface area contributed by atoms with Gasteiger partial charge in [-0.05, 0) is 19.1 Å². The summed E-state index contributed by atoms with van der Waals surface area (Å²) < 4.78 is 6.77. The van der Waals surface area contributed by atoms with Crippen LogP contribution in [0, 0.1) is 0 Å². The van der Waals surface area contributed by atoms with Gasteiger partial charge in [-0.3, -0.25) is 0 Å². The predicted molar refractivity (Wildman–Crippen MR) is 79.1 cm³/mol. The molecule has 0 spiro atoms. The molecule has 0 aliphatic heterocycles. The molecule has 0 fully saturated rings. The molecule has 0 amide bonds. The molecule has 2 rings (SSSR count). The van der Waals surface area contributed by atoms with Crippen molar-refractivity contribution in [2.75, 3.05) is 7.11 Å². The number of hydrogen-bond donors (Lipinski definition) is 0. The Morgan fingerprint density at radius 3 is 2.11 bits per heavy atom. The van der Waals surface area contributed by atoms with Crippen LogP contribution in [0.3, 0.4) is 0 Å². The lowest BCUT2D eigenvalue weighted by Gasteiger charge is -2.31. The summed E-state index contributed by atoms with van der Waals surface area (Å²) in [7, 11) is 1.70. The second-order valence-electron chi connectivity index (χ2n) is 4.20. The van der Waals surface area contributed by atoms with Gasteiger partial charge in [-0.1, -0.05) is 63.9 Å². The molecular weight excluding hydrogens is 312 g/mol. The molecule has 0 bridgehead atoms. The van der Waals surface area contributed by atoms with Crippen LogP contribution in [0.1, 0.15) is 18.1 Å². The van der Waals surface area contributed by atoms with Crippen molar-refractivity contribution < 1.29 is 4.74 Å². The maximum Gasteiger partial charge on any atom is 0.117 e. The molecule has 0 saturated heterocycles. The molecule has 0 saturated carbocycles. The monoisotopic (exact) mass is 324 g/mol. The van der Waals surface area contributed by atoms with Gasteiger partial charge in [0, 0.05) is 27.7 Å². The van der Waals surface area contributed by atoms with Gasteiger partial charge in [0.25, 0.3) is 0 Å². The topological polar surface area (TPSA) is 9.23 Å². The van der Waals surface area contributed by atoms with Crippen molar-refractivity contribution in [2.45, 2.75) is 12.5 Å². The molecule has 1 nitrogen and oxygen atoms in total. The lowest BCUT2D eigenvalue weighted by molar-refractivity contribution is 0.0386. The SMILES string of the molecule is CO[C@](C)(c1ccccc1Cl)c1ccccc1Br. The third kappa shape index (κ3) is 2.33. The summed E-state index contributed by atoms with van der Waals surface area (Å²) in [6.45, 7) is 2.02. The summed E-state index contributed by atoms with van der Waals surface area (Å²) in [4.78, 5) is 0. The highest BCUT2D eigenvalue weighted by Gasteiger charge is 2.32. The highest BCUT2D eigenvalue weighted by atomic mass is 79.9. The first kappa shape index (κ1) is 13.6. The predicted octanol–water partition coefficient (Wildman–Crippen LogP) is 5.01. The quantitative estimate of drug-likeness (QED) is 0.770. The maximum absolute atomic E-state index is 6.29. The molecule has 1 atom stereocenters. The van der Waals surface area contributed by atoms with Gasteiger partial charge in [-0.25, -0.2) is 0 Å². The first-order valence-electron chi connectivity index (χ1n) is 5.65. The second kappa shape index (κ2) is 5.43. The smallest absolute Gasteiger partial charge is 0.117 e. The van der Waals surface area contributed by atoms with Crippen LogP contribution in [0.4, 0.5) is 0 Å². The van der Waals surface area contributed by atoms with Gasteiger partial charge >= 0.3 is 0 Å². The Balaban J connectivity index is 2.63. The summed E-state index contributed by atoms with van der Waals surface area (Å²) in [5.41, 5.74) is 1.44. The zero-order valence-electron chi connectivity index (χ0n) is 10.3. The Labute approximate surface area is 121 Å². The van der Waals surface area contributed by atoms with Crippen LogP contribution >= 0.6 is 27.5 Å². The van der Waals surface area contributed by atoms with E-state index >= 15 is 0 Å². The molecule has 94 valence electrons. The minimum Gasteiger partial charge on any atom is -0.369 e. The van der Waals surface area contributed by atoms with Gasteiger partial charge in [0.05, 0.1) is 0 Å². The van der Waals surface area contributed by atoms with Crippen LogP contribution < -0.4 is 0 Å². The minimum absolute atomic E-state index is 0.571. The summed E-state index contributed by atoms with van der Waals surface area (Å²) >= 11 is 9.87. The Kier molecular flexibility index (Phi) is 4.10. The van der Waals surface area contributed by atoms with Crippen molar-refractivity contribution >= 4 is 27.5 Å². The Bertz CT molecular complexity index is 508. The van der Waals surface area contributed by atoms with E-state index in [1.54, 1.807) is 7.11 Å². The Morgan fingerprint density at radius 1 is 1.00 bits per heavy atom. The molecule has 0 N–H and O–H groups in total. The van der Waals surface area contributed by atoms with E-state index in [0.717, 1.165) is 15.6 Å². The third-order valence-electron chi connectivity index (χ3n) is 3.18. The van der Waals surface area contributed by atoms with Crippen LogP contribution in [-0.4, -0.2) is 7.11 Å². The molecule has 18 heavy (non-hydrogen) atoms. The summed E-state index contributed by atoms with van der Waals surface area (Å²) in [6.07, 6.45) is 0. The summed E-state index contributed by atoms with van der Waals surface area (Å²) in [5.74, 6) is 0. The zero-order chi connectivity index (χ0) is 13.2. The normalized spacial score (nSPS) is 14.2. The first-order chi connectivity index (χ1) is 8.59. The molecular formula is C15H14BrClO. The highest BCUT2D eigenvalue weighted by molar-refractivity contribution is 9.10. The van der Waals surface area contributed by atoms with Gasteiger partial charge in [0.15, 0.2) is 0 Å². The second-order valence-corrected chi connectivity index (χ2v) is 5.46. The van der Waals surface area contributed by atoms with Crippen molar-refractivity contribution in [3.8, 4) is 0 Å². The van der Waals surface area contributed by atoms with Crippen LogP contribution in [0.25, 0.3) is 0 Å². The van der Waals surface area contributed by atoms with E-state index in [2.05, 4.69) is 15.9 Å². The Hall–Kier alpha value is -0.830. The van der Waals surface area contributed by atoms with E-state index in [-0.39, 0.29) is 0 Å². The van der Waals surface area contributed by atoms with Gasteiger partial charge in [0.2, 0.25) is 0 Å². The minimum atomic E-state index is -0.571. The van der Waals surface area contributed by atoms with Crippen molar-refractivity contribution in [1.82, 2.24) is 0 Å². The Morgan fingerprint density at radius 2 is 1.56 bits per heavy atom. The summed E-state index contributed by atoms with van der Waals surface area (Å²) in [6, 6.07) is 15.8. The van der Waals surface area contributed by atoms with E-state index in [4.69, 9.17) is 16.3 Å². The molecule has 0 aliphatic rings. The van der Waals surface area contributed by atoms with Crippen LogP contribution in [-0.2, 0) is 10.3 Å². The van der Waals surface area contributed by atoms with Crippen molar-refractivity contribution in [1.29, 1.82) is 0 Å². The number of halogens is 2. The molecule has 0 radical (unpaired) electrons. The number of rotatable bonds is 3. The zero-order valence-corrected chi connectivity index (χ0v) is 12.6. The lowest BCUT2D eigenvalue weighted by Crippen LogP contribution is -2.26. The van der Waals surface area contributed by atoms with Crippen LogP contribution in [0.15, 0.2) is 53.0 Å². The van der Waals surface area contributed by atoms with E-state index in [0.29, 0.717) is 5.02 Å². The van der Waals surface area contributed by atoms with Gasteiger partial charge in [-0.15, -0.1) is 0 Å². The number of ether oxygens (including phenoxy) is 1. The maximum atomic E-state index is 6.29. The molecule has 2 aromatic rings. The molecule has 0 aromatic heterocycles. The molecule has 3 heteroatoms. The van der Waals surface area contributed by atoms with Crippen molar-refractivity contribution in [3.05, 3.63) is 69.2 Å². The van der Waals surface area contributed by atoms with Gasteiger partial charge in [0.1, 0.15) is 5.60 Å². The van der Waals surface area contributed by atoms with E-state index in [1.165, 1.54) is 0 Å². The molecule has 0 heterocycles. The number of benzene rings is 2. The van der Waals surface area contributed by atoms with E-state index in [9.17, 15) is 0 Å². The van der Waals surface area contributed by atoms with E-state index < -0.39 is 5.60 Å². The fraction of sp³-hybridized carbons (Fsp3) is 0.200. The molecule has 0 unspecified atom stereocenters. The number of hydrogen-bond acceptors (Lipinski definition) is 1. The molecule has 0 aliphatic carbocycles. The molecule has 2 aromatic carbocycles. The van der Waals surface area contributed by atoms with Crippen LogP contribution in [0.2, 0.25) is 5.02 Å². The fourth-order valence-corrected chi connectivity index (χ4v) is 3.04. The first-order valence-corrected chi connectivity index (χ1v) is 6.82. The fourth-order valence-electron chi connectivity index (χ4n) is 2.06. The standard InChI is InChI=1S/C15H14BrClO/c1-15(18-2,11-7-3-5-9-13(11)16)12-8-4-6-10-14(12)17/h3-10H,1-2H3/t15-/m0/s1. The summed E-state index contributed by atoms with van der Waals surface area (Å²) in [5, 5.41) is 0.706. The number of methoxy groups -OCH3 is 1. The average Bonchev–Trinajstić information content (AvgIpc) is 2.39. The lowest BCUT2D eigenvalue weighted by atomic mass is 9.88.